The highest BCUT2D eigenvalue weighted by molar-refractivity contribution is 9.10. The number of hydrogen-bond acceptors (Lipinski definition) is 3. The molecule has 0 aliphatic heterocycles. The number of para-hydroxylation sites is 1. The van der Waals surface area contributed by atoms with Gasteiger partial charge in [0.05, 0.1) is 23.4 Å². The van der Waals surface area contributed by atoms with E-state index in [1.54, 1.807) is 36.4 Å². The van der Waals surface area contributed by atoms with Gasteiger partial charge in [-0.2, -0.15) is 5.10 Å². The van der Waals surface area contributed by atoms with Crippen LogP contribution in [0.5, 0.6) is 5.75 Å². The van der Waals surface area contributed by atoms with E-state index >= 15 is 0 Å². The van der Waals surface area contributed by atoms with Crippen molar-refractivity contribution in [1.29, 1.82) is 0 Å². The number of benzene rings is 2. The smallest absolute Gasteiger partial charge is 0.275 e. The van der Waals surface area contributed by atoms with Crippen LogP contribution in [0.1, 0.15) is 15.9 Å². The molecule has 6 heteroatoms. The van der Waals surface area contributed by atoms with Crippen molar-refractivity contribution in [2.24, 2.45) is 5.10 Å². The van der Waals surface area contributed by atoms with E-state index in [-0.39, 0.29) is 0 Å². The molecule has 0 spiro atoms. The van der Waals surface area contributed by atoms with Gasteiger partial charge in [-0.1, -0.05) is 18.2 Å². The number of hydrogen-bond donors (Lipinski definition) is 1. The highest BCUT2D eigenvalue weighted by Crippen LogP contribution is 2.17. The van der Waals surface area contributed by atoms with Gasteiger partial charge in [-0.15, -0.1) is 0 Å². The van der Waals surface area contributed by atoms with Crippen LogP contribution in [-0.4, -0.2) is 19.2 Å². The lowest BCUT2D eigenvalue weighted by Gasteiger charge is -2.05. The van der Waals surface area contributed by atoms with Crippen LogP contribution in [0.2, 0.25) is 0 Å². The van der Waals surface area contributed by atoms with Gasteiger partial charge in [0.2, 0.25) is 0 Å². The fraction of sp³-hybridized carbons (Fsp3) is 0.0667. The molecule has 0 saturated heterocycles. The summed E-state index contributed by atoms with van der Waals surface area (Å²) in [6, 6.07) is 11.4. The maximum atomic E-state index is 13.3. The Hall–Kier alpha value is -2.21. The normalized spacial score (nSPS) is 10.6. The lowest BCUT2D eigenvalue weighted by Crippen LogP contribution is -2.18. The zero-order valence-electron chi connectivity index (χ0n) is 11.1. The van der Waals surface area contributed by atoms with Gasteiger partial charge in [-0.05, 0) is 45.8 Å². The van der Waals surface area contributed by atoms with Crippen molar-refractivity contribution in [1.82, 2.24) is 5.43 Å². The molecule has 0 saturated carbocycles. The third kappa shape index (κ3) is 3.88. The Labute approximate surface area is 129 Å². The zero-order chi connectivity index (χ0) is 15.2. The van der Waals surface area contributed by atoms with Gasteiger partial charge in [0.25, 0.3) is 5.91 Å². The highest BCUT2D eigenvalue weighted by Gasteiger charge is 2.09. The first-order chi connectivity index (χ1) is 10.1. The molecule has 2 rings (SSSR count). The minimum Gasteiger partial charge on any atom is -0.496 e. The molecule has 0 fully saturated rings. The van der Waals surface area contributed by atoms with Crippen LogP contribution in [0, 0.1) is 5.82 Å². The molecule has 0 radical (unpaired) electrons. The van der Waals surface area contributed by atoms with Crippen molar-refractivity contribution in [2.45, 2.75) is 0 Å². The predicted octanol–water partition coefficient (Wildman–Crippen LogP) is 3.36. The number of carbonyl (C=O) groups is 1. The average molecular weight is 351 g/mol. The zero-order valence-corrected chi connectivity index (χ0v) is 12.7. The fourth-order valence-corrected chi connectivity index (χ4v) is 1.90. The first-order valence-electron chi connectivity index (χ1n) is 6.03. The number of halogens is 2. The van der Waals surface area contributed by atoms with Crippen LogP contribution in [0.15, 0.2) is 52.0 Å². The Morgan fingerprint density at radius 3 is 2.81 bits per heavy atom. The van der Waals surface area contributed by atoms with E-state index in [4.69, 9.17) is 4.74 Å². The van der Waals surface area contributed by atoms with Gasteiger partial charge in [0.1, 0.15) is 11.6 Å². The summed E-state index contributed by atoms with van der Waals surface area (Å²) in [6.45, 7) is 0. The van der Waals surface area contributed by atoms with E-state index in [0.717, 1.165) is 0 Å². The number of amides is 1. The third-order valence-electron chi connectivity index (χ3n) is 2.67. The summed E-state index contributed by atoms with van der Waals surface area (Å²) in [4.78, 5) is 11.9. The molecule has 1 amide bonds. The lowest BCUT2D eigenvalue weighted by atomic mass is 10.2. The second-order valence-corrected chi connectivity index (χ2v) is 4.93. The number of rotatable bonds is 4. The molecular weight excluding hydrogens is 339 g/mol. The van der Waals surface area contributed by atoms with Crippen LogP contribution < -0.4 is 10.2 Å². The van der Waals surface area contributed by atoms with E-state index in [1.807, 2.05) is 0 Å². The molecule has 21 heavy (non-hydrogen) atoms. The maximum Gasteiger partial charge on any atom is 0.275 e. The standard InChI is InChI=1S/C15H12BrFN2O2/c1-21-14-5-3-2-4-11(14)15(20)19-18-9-10-6-7-12(16)13(17)8-10/h2-9H,1H3,(H,19,20)/b18-9+. The van der Waals surface area contributed by atoms with Crippen LogP contribution in [0.3, 0.4) is 0 Å². The van der Waals surface area contributed by atoms with Gasteiger partial charge in [-0.3, -0.25) is 4.79 Å². The van der Waals surface area contributed by atoms with E-state index < -0.39 is 11.7 Å². The summed E-state index contributed by atoms with van der Waals surface area (Å²) in [5, 5.41) is 3.80. The van der Waals surface area contributed by atoms with Gasteiger partial charge in [-0.25, -0.2) is 9.82 Å². The second-order valence-electron chi connectivity index (χ2n) is 4.07. The van der Waals surface area contributed by atoms with Crippen LogP contribution in [0.25, 0.3) is 0 Å². The van der Waals surface area contributed by atoms with E-state index in [2.05, 4.69) is 26.5 Å². The molecule has 0 atom stereocenters. The maximum absolute atomic E-state index is 13.3. The van der Waals surface area contributed by atoms with Crippen molar-refractivity contribution in [3.63, 3.8) is 0 Å². The van der Waals surface area contributed by atoms with Gasteiger partial charge in [0, 0.05) is 0 Å². The molecule has 0 unspecified atom stereocenters. The summed E-state index contributed by atoms with van der Waals surface area (Å²) in [5.74, 6) is -0.337. The number of hydrazone groups is 1. The number of methoxy groups -OCH3 is 1. The van der Waals surface area contributed by atoms with E-state index in [9.17, 15) is 9.18 Å². The number of nitrogens with one attached hydrogen (secondary N) is 1. The Morgan fingerprint density at radius 2 is 2.10 bits per heavy atom. The van der Waals surface area contributed by atoms with Gasteiger partial charge in [0.15, 0.2) is 0 Å². The van der Waals surface area contributed by atoms with Crippen LogP contribution in [-0.2, 0) is 0 Å². The van der Waals surface area contributed by atoms with Crippen molar-refractivity contribution >= 4 is 28.1 Å². The molecule has 0 aliphatic carbocycles. The average Bonchev–Trinajstić information content (AvgIpc) is 2.50. The molecule has 108 valence electrons. The van der Waals surface area contributed by atoms with Gasteiger partial charge < -0.3 is 4.74 Å². The molecular formula is C15H12BrFN2O2. The molecule has 0 aliphatic rings. The molecule has 0 bridgehead atoms. The van der Waals surface area contributed by atoms with Crippen molar-refractivity contribution < 1.29 is 13.9 Å². The molecule has 0 heterocycles. The first kappa shape index (κ1) is 15.2. The fourth-order valence-electron chi connectivity index (χ4n) is 1.65. The Bertz CT molecular complexity index is 689. The Balaban J connectivity index is 2.06. The third-order valence-corrected chi connectivity index (χ3v) is 3.32. The monoisotopic (exact) mass is 350 g/mol. The van der Waals surface area contributed by atoms with Crippen molar-refractivity contribution in [3.8, 4) is 5.75 Å². The minimum absolute atomic E-state index is 0.373. The predicted molar refractivity (Wildman–Crippen MR) is 82.2 cm³/mol. The minimum atomic E-state index is -0.402. The second kappa shape index (κ2) is 6.99. The highest BCUT2D eigenvalue weighted by atomic mass is 79.9. The summed E-state index contributed by atoms with van der Waals surface area (Å²) >= 11 is 3.06. The number of nitrogens with zero attached hydrogens (tertiary/aromatic N) is 1. The first-order valence-corrected chi connectivity index (χ1v) is 6.82. The van der Waals surface area contributed by atoms with Gasteiger partial charge >= 0.3 is 0 Å². The van der Waals surface area contributed by atoms with Crippen molar-refractivity contribution in [2.75, 3.05) is 7.11 Å². The van der Waals surface area contributed by atoms with Crippen LogP contribution >= 0.6 is 15.9 Å². The Morgan fingerprint density at radius 1 is 1.33 bits per heavy atom. The molecule has 0 aromatic heterocycles. The molecule has 2 aromatic carbocycles. The number of carbonyl (C=O) groups excluding carboxylic acids is 1. The number of ether oxygens (including phenoxy) is 1. The molecule has 4 nitrogen and oxygen atoms in total. The largest absolute Gasteiger partial charge is 0.496 e. The topological polar surface area (TPSA) is 50.7 Å². The quantitative estimate of drug-likeness (QED) is 0.678. The van der Waals surface area contributed by atoms with E-state index in [1.165, 1.54) is 19.4 Å². The van der Waals surface area contributed by atoms with E-state index in [0.29, 0.717) is 21.3 Å². The SMILES string of the molecule is COc1ccccc1C(=O)N/N=C/c1ccc(Br)c(F)c1. The summed E-state index contributed by atoms with van der Waals surface area (Å²) in [6.07, 6.45) is 1.36. The van der Waals surface area contributed by atoms with Crippen molar-refractivity contribution in [3.05, 3.63) is 63.9 Å². The summed E-state index contributed by atoms with van der Waals surface area (Å²) < 4.78 is 18.8. The molecule has 1 N–H and O–H groups in total. The molecule has 2 aromatic rings. The van der Waals surface area contributed by atoms with Crippen LogP contribution in [0.4, 0.5) is 4.39 Å². The summed E-state index contributed by atoms with van der Waals surface area (Å²) in [5.41, 5.74) is 3.28. The lowest BCUT2D eigenvalue weighted by molar-refractivity contribution is 0.0952. The summed E-state index contributed by atoms with van der Waals surface area (Å²) in [7, 11) is 1.49. The Kier molecular flexibility index (Phi) is 5.05.